The molecule has 3 heterocycles. The summed E-state index contributed by atoms with van der Waals surface area (Å²) in [6.45, 7) is 10.7. The van der Waals surface area contributed by atoms with Crippen molar-refractivity contribution in [3.05, 3.63) is 40.1 Å². The normalized spacial score (nSPS) is 17.3. The highest BCUT2D eigenvalue weighted by Crippen LogP contribution is 2.37. The fraction of sp³-hybridized carbons (Fsp3) is 0.545. The number of hydrogen-bond donors (Lipinski definition) is 1. The van der Waals surface area contributed by atoms with Crippen LogP contribution in [0.5, 0.6) is 5.88 Å². The number of rotatable bonds is 5. The first-order valence-electron chi connectivity index (χ1n) is 10.7. The van der Waals surface area contributed by atoms with E-state index in [0.717, 1.165) is 28.7 Å². The van der Waals surface area contributed by atoms with Gasteiger partial charge in [-0.15, -0.1) is 4.36 Å². The zero-order valence-corrected chi connectivity index (χ0v) is 19.3. The van der Waals surface area contributed by atoms with Crippen LogP contribution in [-0.4, -0.2) is 26.5 Å². The van der Waals surface area contributed by atoms with Crippen molar-refractivity contribution in [1.82, 2.24) is 9.78 Å². The SMILES string of the molecule is CC(C)c1cc2c(c(C(C)C)c1CC(=O)N=S(N)(=O)c1cnn3c1OCCC3)COC2. The van der Waals surface area contributed by atoms with Crippen LogP contribution in [0.15, 0.2) is 21.5 Å². The maximum Gasteiger partial charge on any atom is 0.259 e. The first-order valence-corrected chi connectivity index (χ1v) is 12.3. The Morgan fingerprint density at radius 1 is 1.29 bits per heavy atom. The van der Waals surface area contributed by atoms with E-state index in [0.29, 0.717) is 32.2 Å². The van der Waals surface area contributed by atoms with Crippen molar-refractivity contribution in [1.29, 1.82) is 0 Å². The molecule has 168 valence electrons. The van der Waals surface area contributed by atoms with Gasteiger partial charge in [0, 0.05) is 13.0 Å². The number of amides is 1. The highest BCUT2D eigenvalue weighted by molar-refractivity contribution is 7.91. The Labute approximate surface area is 183 Å². The number of nitrogens with zero attached hydrogens (tertiary/aromatic N) is 3. The van der Waals surface area contributed by atoms with E-state index in [1.54, 1.807) is 4.68 Å². The summed E-state index contributed by atoms with van der Waals surface area (Å²) in [6.07, 6.45) is 2.26. The molecule has 2 aromatic rings. The highest BCUT2D eigenvalue weighted by atomic mass is 32.2. The van der Waals surface area contributed by atoms with Crippen molar-refractivity contribution in [2.45, 2.75) is 77.0 Å². The molecule has 0 aliphatic carbocycles. The van der Waals surface area contributed by atoms with Crippen LogP contribution < -0.4 is 9.88 Å². The van der Waals surface area contributed by atoms with Gasteiger partial charge >= 0.3 is 0 Å². The summed E-state index contributed by atoms with van der Waals surface area (Å²) in [4.78, 5) is 13.2. The number of aromatic nitrogens is 2. The lowest BCUT2D eigenvalue weighted by Gasteiger charge is -2.22. The second kappa shape index (κ2) is 8.37. The van der Waals surface area contributed by atoms with E-state index in [4.69, 9.17) is 14.6 Å². The number of ether oxygens (including phenoxy) is 2. The molecule has 1 aromatic heterocycles. The Kier molecular flexibility index (Phi) is 5.93. The Morgan fingerprint density at radius 3 is 2.77 bits per heavy atom. The minimum Gasteiger partial charge on any atom is -0.477 e. The van der Waals surface area contributed by atoms with Gasteiger partial charge in [-0.3, -0.25) is 4.79 Å². The topological polar surface area (TPSA) is 109 Å². The van der Waals surface area contributed by atoms with Crippen LogP contribution in [0.2, 0.25) is 0 Å². The van der Waals surface area contributed by atoms with Crippen molar-refractivity contribution in [2.75, 3.05) is 6.61 Å². The minimum absolute atomic E-state index is 0.0484. The van der Waals surface area contributed by atoms with Crippen LogP contribution >= 0.6 is 0 Å². The van der Waals surface area contributed by atoms with Crippen molar-refractivity contribution < 1.29 is 18.5 Å². The number of nitrogens with two attached hydrogens (primary N) is 1. The van der Waals surface area contributed by atoms with E-state index >= 15 is 0 Å². The van der Waals surface area contributed by atoms with E-state index in [1.807, 2.05) is 0 Å². The van der Waals surface area contributed by atoms with Gasteiger partial charge in [0.15, 0.2) is 0 Å². The van der Waals surface area contributed by atoms with Gasteiger partial charge in [-0.2, -0.15) is 5.10 Å². The van der Waals surface area contributed by atoms with Crippen molar-refractivity contribution >= 4 is 15.8 Å². The van der Waals surface area contributed by atoms with E-state index in [2.05, 4.69) is 43.2 Å². The van der Waals surface area contributed by atoms with Crippen LogP contribution in [0.3, 0.4) is 0 Å². The summed E-state index contributed by atoms with van der Waals surface area (Å²) < 4.78 is 30.0. The maximum atomic E-state index is 13.2. The largest absolute Gasteiger partial charge is 0.477 e. The van der Waals surface area contributed by atoms with Gasteiger partial charge < -0.3 is 9.47 Å². The van der Waals surface area contributed by atoms with Crippen LogP contribution in [0.1, 0.15) is 73.8 Å². The molecule has 0 saturated carbocycles. The van der Waals surface area contributed by atoms with Gasteiger partial charge in [-0.1, -0.05) is 33.8 Å². The number of carbonyl (C=O) groups excluding carboxylic acids is 1. The van der Waals surface area contributed by atoms with Crippen LogP contribution in [0.4, 0.5) is 0 Å². The lowest BCUT2D eigenvalue weighted by atomic mass is 9.82. The van der Waals surface area contributed by atoms with E-state index in [9.17, 15) is 9.00 Å². The third-order valence-corrected chi connectivity index (χ3v) is 7.20. The summed E-state index contributed by atoms with van der Waals surface area (Å²) in [7, 11) is -3.46. The maximum absolute atomic E-state index is 13.2. The molecule has 0 fully saturated rings. The molecule has 1 amide bonds. The first kappa shape index (κ1) is 22.0. The molecule has 8 nitrogen and oxygen atoms in total. The summed E-state index contributed by atoms with van der Waals surface area (Å²) in [5.41, 5.74) is 5.54. The molecule has 1 atom stereocenters. The highest BCUT2D eigenvalue weighted by Gasteiger charge is 2.27. The molecule has 2 N–H and O–H groups in total. The van der Waals surface area contributed by atoms with E-state index in [-0.39, 0.29) is 23.2 Å². The van der Waals surface area contributed by atoms with Gasteiger partial charge in [0.25, 0.3) is 5.91 Å². The molecule has 0 bridgehead atoms. The van der Waals surface area contributed by atoms with E-state index < -0.39 is 15.8 Å². The number of hydrogen-bond acceptors (Lipinski definition) is 5. The van der Waals surface area contributed by atoms with Gasteiger partial charge in [0.1, 0.15) is 14.8 Å². The molecule has 4 rings (SSSR count). The van der Waals surface area contributed by atoms with Crippen molar-refractivity contribution in [2.24, 2.45) is 9.50 Å². The van der Waals surface area contributed by atoms with Crippen LogP contribution in [0.25, 0.3) is 0 Å². The Morgan fingerprint density at radius 2 is 2.06 bits per heavy atom. The van der Waals surface area contributed by atoms with Gasteiger partial charge in [-0.25, -0.2) is 14.0 Å². The molecule has 0 saturated heterocycles. The number of benzene rings is 1. The average Bonchev–Trinajstić information content (AvgIpc) is 3.33. The molecule has 9 heteroatoms. The number of fused-ring (bicyclic) bond motifs is 2. The van der Waals surface area contributed by atoms with Crippen LogP contribution in [0, 0.1) is 0 Å². The van der Waals surface area contributed by atoms with Crippen LogP contribution in [-0.2, 0) is 45.6 Å². The second-order valence-electron chi connectivity index (χ2n) is 8.77. The number of aryl methyl sites for hydroxylation is 1. The Bertz CT molecular complexity index is 1140. The molecular formula is C22H30N4O4S. The predicted octanol–water partition coefficient (Wildman–Crippen LogP) is 3.41. The lowest BCUT2D eigenvalue weighted by molar-refractivity contribution is -0.117. The first-order chi connectivity index (χ1) is 14.7. The fourth-order valence-electron chi connectivity index (χ4n) is 4.47. The predicted molar refractivity (Wildman–Crippen MR) is 117 cm³/mol. The molecule has 1 unspecified atom stereocenters. The summed E-state index contributed by atoms with van der Waals surface area (Å²) in [5.74, 6) is 0.279. The standard InChI is InChI=1S/C22H30N4O4S/c1-13(2)16-8-15-11-29-12-18(15)21(14(3)4)17(16)9-20(27)25-31(23,28)19-10-24-26-6-5-7-30-22(19)26/h8,10,13-14H,5-7,9,11-12H2,1-4H3,(H2,23,25,27,28). The minimum atomic E-state index is -3.46. The third-order valence-electron chi connectivity index (χ3n) is 5.81. The fourth-order valence-corrected chi connectivity index (χ4v) is 5.55. The Balaban J connectivity index is 1.73. The quantitative estimate of drug-likeness (QED) is 0.757. The van der Waals surface area contributed by atoms with Crippen molar-refractivity contribution in [3.8, 4) is 5.88 Å². The Hall–Kier alpha value is -2.23. The molecule has 2 aliphatic heterocycles. The zero-order valence-electron chi connectivity index (χ0n) is 18.5. The smallest absolute Gasteiger partial charge is 0.259 e. The van der Waals surface area contributed by atoms with Gasteiger partial charge in [0.2, 0.25) is 5.88 Å². The second-order valence-corrected chi connectivity index (χ2v) is 10.5. The summed E-state index contributed by atoms with van der Waals surface area (Å²) >= 11 is 0. The van der Waals surface area contributed by atoms with Gasteiger partial charge in [-0.05, 0) is 39.7 Å². The average molecular weight is 447 g/mol. The molecule has 1 aromatic carbocycles. The number of carbonyl (C=O) groups is 1. The summed E-state index contributed by atoms with van der Waals surface area (Å²) in [5, 5.41) is 10.2. The molecule has 2 aliphatic rings. The van der Waals surface area contributed by atoms with Crippen molar-refractivity contribution in [3.63, 3.8) is 0 Å². The lowest BCUT2D eigenvalue weighted by Crippen LogP contribution is -2.20. The zero-order chi connectivity index (χ0) is 22.3. The summed E-state index contributed by atoms with van der Waals surface area (Å²) in [6, 6.07) is 2.14. The van der Waals surface area contributed by atoms with Gasteiger partial charge in [0.05, 0.1) is 32.4 Å². The molecule has 31 heavy (non-hydrogen) atoms. The monoisotopic (exact) mass is 446 g/mol. The molecule has 0 radical (unpaired) electrons. The van der Waals surface area contributed by atoms with E-state index in [1.165, 1.54) is 11.8 Å². The molecule has 0 spiro atoms. The third kappa shape index (κ3) is 4.14. The molecular weight excluding hydrogens is 416 g/mol.